The van der Waals surface area contributed by atoms with Crippen molar-refractivity contribution in [1.29, 1.82) is 0 Å². The lowest BCUT2D eigenvalue weighted by atomic mass is 10.2. The number of benzene rings is 1. The Balaban J connectivity index is 1.63. The van der Waals surface area contributed by atoms with Crippen molar-refractivity contribution < 1.29 is 4.42 Å². The number of rotatable bonds is 4. The first-order valence-electron chi connectivity index (χ1n) is 7.89. The molecule has 0 aliphatic rings. The smallest absolute Gasteiger partial charge is 0.247 e. The molecule has 3 aromatic heterocycles. The molecule has 0 fully saturated rings. The molecule has 25 heavy (non-hydrogen) atoms. The first-order chi connectivity index (χ1) is 12.1. The summed E-state index contributed by atoms with van der Waals surface area (Å²) in [7, 11) is 0. The monoisotopic (exact) mass is 368 g/mol. The molecular weight excluding hydrogens is 352 g/mol. The molecule has 0 saturated carbocycles. The molecule has 3 heterocycles. The van der Waals surface area contributed by atoms with Crippen molar-refractivity contribution >= 4 is 33.3 Å². The van der Waals surface area contributed by atoms with Crippen LogP contribution in [-0.2, 0) is 0 Å². The molecule has 1 aromatic carbocycles. The van der Waals surface area contributed by atoms with Gasteiger partial charge in [-0.3, -0.25) is 0 Å². The van der Waals surface area contributed by atoms with Crippen LogP contribution >= 0.6 is 23.1 Å². The van der Waals surface area contributed by atoms with Crippen molar-refractivity contribution in [3.05, 3.63) is 53.0 Å². The van der Waals surface area contributed by atoms with Crippen LogP contribution in [0.3, 0.4) is 0 Å². The molecule has 0 bridgehead atoms. The molecule has 1 atom stereocenters. The third-order valence-corrected chi connectivity index (χ3v) is 6.23. The van der Waals surface area contributed by atoms with Gasteiger partial charge in [-0.05, 0) is 38.5 Å². The third kappa shape index (κ3) is 3.05. The van der Waals surface area contributed by atoms with Crippen molar-refractivity contribution in [3.63, 3.8) is 0 Å². The van der Waals surface area contributed by atoms with E-state index >= 15 is 0 Å². The minimum absolute atomic E-state index is 0.00247. The summed E-state index contributed by atoms with van der Waals surface area (Å²) in [6.07, 6.45) is 1.62. The van der Waals surface area contributed by atoms with E-state index in [4.69, 9.17) is 4.42 Å². The van der Waals surface area contributed by atoms with Crippen LogP contribution in [0.4, 0.5) is 0 Å². The highest BCUT2D eigenvalue weighted by molar-refractivity contribution is 7.99. The molecule has 0 N–H and O–H groups in total. The maximum atomic E-state index is 5.87. The van der Waals surface area contributed by atoms with E-state index in [0.717, 1.165) is 20.8 Å². The topological polar surface area (TPSA) is 64.7 Å². The van der Waals surface area contributed by atoms with Gasteiger partial charge in [-0.1, -0.05) is 30.0 Å². The Labute approximate surface area is 153 Å². The van der Waals surface area contributed by atoms with Crippen LogP contribution in [0, 0.1) is 13.8 Å². The summed E-state index contributed by atoms with van der Waals surface area (Å²) in [5, 5.41) is 10.5. The molecule has 0 saturated heterocycles. The zero-order chi connectivity index (χ0) is 17.4. The number of thiophene rings is 1. The van der Waals surface area contributed by atoms with Gasteiger partial charge in [-0.15, -0.1) is 21.5 Å². The van der Waals surface area contributed by atoms with Gasteiger partial charge < -0.3 is 4.42 Å². The van der Waals surface area contributed by atoms with Gasteiger partial charge in [-0.25, -0.2) is 9.97 Å². The number of hydrogen-bond acceptors (Lipinski definition) is 7. The molecule has 0 unspecified atom stereocenters. The molecule has 0 radical (unpaired) electrons. The van der Waals surface area contributed by atoms with Crippen LogP contribution in [0.2, 0.25) is 0 Å². The van der Waals surface area contributed by atoms with Gasteiger partial charge >= 0.3 is 0 Å². The Bertz CT molecular complexity index is 1030. The van der Waals surface area contributed by atoms with Crippen molar-refractivity contribution in [2.24, 2.45) is 0 Å². The van der Waals surface area contributed by atoms with E-state index < -0.39 is 0 Å². The summed E-state index contributed by atoms with van der Waals surface area (Å²) in [6, 6.07) is 9.79. The van der Waals surface area contributed by atoms with Gasteiger partial charge in [0.25, 0.3) is 0 Å². The zero-order valence-corrected chi connectivity index (χ0v) is 15.7. The highest BCUT2D eigenvalue weighted by atomic mass is 32.2. The summed E-state index contributed by atoms with van der Waals surface area (Å²) < 4.78 is 5.87. The van der Waals surface area contributed by atoms with Crippen LogP contribution in [-0.4, -0.2) is 20.2 Å². The van der Waals surface area contributed by atoms with E-state index in [9.17, 15) is 0 Å². The van der Waals surface area contributed by atoms with E-state index in [1.54, 1.807) is 29.4 Å². The summed E-state index contributed by atoms with van der Waals surface area (Å²) >= 11 is 3.32. The maximum absolute atomic E-state index is 5.87. The third-order valence-electron chi connectivity index (χ3n) is 4.03. The van der Waals surface area contributed by atoms with Crippen molar-refractivity contribution in [3.8, 4) is 11.5 Å². The number of aryl methyl sites for hydroxylation is 2. The first-order valence-corrected chi connectivity index (χ1v) is 9.59. The Hall–Kier alpha value is -2.25. The highest BCUT2D eigenvalue weighted by Gasteiger charge is 2.20. The minimum atomic E-state index is 0.00247. The molecular formula is C18H16N4OS2. The second-order valence-corrected chi connectivity index (χ2v) is 8.25. The first kappa shape index (κ1) is 16.2. The van der Waals surface area contributed by atoms with Crippen LogP contribution < -0.4 is 0 Å². The van der Waals surface area contributed by atoms with Crippen molar-refractivity contribution in [2.75, 3.05) is 0 Å². The number of thioether (sulfide) groups is 1. The molecule has 0 spiro atoms. The molecule has 5 nitrogen and oxygen atoms in total. The normalized spacial score (nSPS) is 12.6. The van der Waals surface area contributed by atoms with Crippen molar-refractivity contribution in [2.45, 2.75) is 31.0 Å². The molecule has 4 rings (SSSR count). The summed E-state index contributed by atoms with van der Waals surface area (Å²) in [5.41, 5.74) is 2.16. The van der Waals surface area contributed by atoms with Gasteiger partial charge in [-0.2, -0.15) is 0 Å². The van der Waals surface area contributed by atoms with E-state index in [1.165, 1.54) is 10.4 Å². The lowest BCUT2D eigenvalue weighted by Gasteiger charge is -2.07. The van der Waals surface area contributed by atoms with E-state index in [2.05, 4.69) is 40.9 Å². The average molecular weight is 368 g/mol. The summed E-state index contributed by atoms with van der Waals surface area (Å²) in [4.78, 5) is 11.2. The summed E-state index contributed by atoms with van der Waals surface area (Å²) in [5.74, 6) is 1.14. The standard InChI is InChI=1S/C18H16N4OS2/c1-10-11(2)24-17-14(10)18(20-9-19-17)25-12(3)15-21-22-16(23-15)13-7-5-4-6-8-13/h4-9,12H,1-3H3/t12-/m0/s1. The molecule has 7 heteroatoms. The Morgan fingerprint density at radius 1 is 1.08 bits per heavy atom. The lowest BCUT2D eigenvalue weighted by Crippen LogP contribution is -1.92. The maximum Gasteiger partial charge on any atom is 0.247 e. The molecule has 4 aromatic rings. The SMILES string of the molecule is Cc1sc2ncnc(S[C@@H](C)c3nnc(-c4ccccc4)o3)c2c1C. The van der Waals surface area contributed by atoms with Gasteiger partial charge in [0.2, 0.25) is 11.8 Å². The Morgan fingerprint density at radius 2 is 1.88 bits per heavy atom. The van der Waals surface area contributed by atoms with Crippen molar-refractivity contribution in [1.82, 2.24) is 20.2 Å². The Kier molecular flexibility index (Phi) is 4.27. The van der Waals surface area contributed by atoms with Gasteiger partial charge in [0.15, 0.2) is 0 Å². The van der Waals surface area contributed by atoms with Crippen LogP contribution in [0.15, 0.2) is 46.1 Å². The van der Waals surface area contributed by atoms with Gasteiger partial charge in [0.05, 0.1) is 5.25 Å². The van der Waals surface area contributed by atoms with Gasteiger partial charge in [0, 0.05) is 15.8 Å². The number of hydrogen-bond donors (Lipinski definition) is 0. The number of nitrogens with zero attached hydrogens (tertiary/aromatic N) is 4. The molecule has 126 valence electrons. The number of fused-ring (bicyclic) bond motifs is 1. The predicted molar refractivity (Wildman–Crippen MR) is 101 cm³/mol. The number of aromatic nitrogens is 4. The fourth-order valence-corrected chi connectivity index (χ4v) is 4.62. The largest absolute Gasteiger partial charge is 0.419 e. The summed E-state index contributed by atoms with van der Waals surface area (Å²) in [6.45, 7) is 6.28. The van der Waals surface area contributed by atoms with E-state index in [-0.39, 0.29) is 5.25 Å². The van der Waals surface area contributed by atoms with Crippen LogP contribution in [0.1, 0.15) is 28.5 Å². The minimum Gasteiger partial charge on any atom is -0.419 e. The average Bonchev–Trinajstić information content (AvgIpc) is 3.22. The second kappa shape index (κ2) is 6.57. The molecule has 0 amide bonds. The fraction of sp³-hybridized carbons (Fsp3) is 0.222. The van der Waals surface area contributed by atoms with Gasteiger partial charge in [0.1, 0.15) is 16.2 Å². The molecule has 0 aliphatic heterocycles. The second-order valence-electron chi connectivity index (χ2n) is 5.71. The lowest BCUT2D eigenvalue weighted by molar-refractivity contribution is 0.509. The fourth-order valence-electron chi connectivity index (χ4n) is 2.55. The molecule has 0 aliphatic carbocycles. The predicted octanol–water partition coefficient (Wildman–Crippen LogP) is 5.21. The quantitative estimate of drug-likeness (QED) is 0.364. The Morgan fingerprint density at radius 3 is 2.68 bits per heavy atom. The van der Waals surface area contributed by atoms with E-state index in [1.807, 2.05) is 30.3 Å². The van der Waals surface area contributed by atoms with E-state index in [0.29, 0.717) is 11.8 Å². The van der Waals surface area contributed by atoms with Crippen LogP contribution in [0.5, 0.6) is 0 Å². The van der Waals surface area contributed by atoms with Crippen LogP contribution in [0.25, 0.3) is 21.7 Å². The highest BCUT2D eigenvalue weighted by Crippen LogP contribution is 2.40. The zero-order valence-electron chi connectivity index (χ0n) is 14.1.